The van der Waals surface area contributed by atoms with Crippen molar-refractivity contribution < 1.29 is 0 Å². The predicted octanol–water partition coefficient (Wildman–Crippen LogP) is 2.96. The van der Waals surface area contributed by atoms with Crippen LogP contribution in [-0.2, 0) is 6.54 Å². The van der Waals surface area contributed by atoms with Crippen molar-refractivity contribution in [3.63, 3.8) is 0 Å². The summed E-state index contributed by atoms with van der Waals surface area (Å²) >= 11 is 1.80. The van der Waals surface area contributed by atoms with E-state index in [1.165, 1.54) is 38.0 Å². The lowest BCUT2D eigenvalue weighted by Crippen LogP contribution is -2.41. The van der Waals surface area contributed by atoms with Gasteiger partial charge in [-0.1, -0.05) is 20.3 Å². The number of nitrogens with one attached hydrogen (secondary N) is 1. The molecular weight excluding hydrogens is 228 g/mol. The van der Waals surface area contributed by atoms with Crippen LogP contribution in [0.1, 0.15) is 32.3 Å². The Morgan fingerprint density at radius 1 is 1.59 bits per heavy atom. The normalized spacial score (nSPS) is 24.5. The summed E-state index contributed by atoms with van der Waals surface area (Å²) in [7, 11) is 0. The molecule has 1 aliphatic heterocycles. The van der Waals surface area contributed by atoms with Crippen LogP contribution >= 0.6 is 11.3 Å². The van der Waals surface area contributed by atoms with Gasteiger partial charge in [0.2, 0.25) is 0 Å². The molecule has 1 aliphatic rings. The van der Waals surface area contributed by atoms with E-state index in [9.17, 15) is 0 Å². The van der Waals surface area contributed by atoms with Crippen molar-refractivity contribution in [3.05, 3.63) is 22.4 Å². The van der Waals surface area contributed by atoms with Crippen molar-refractivity contribution in [3.8, 4) is 0 Å². The number of hydrogen-bond acceptors (Lipinski definition) is 3. The summed E-state index contributed by atoms with van der Waals surface area (Å²) in [4.78, 5) is 2.61. The van der Waals surface area contributed by atoms with Crippen LogP contribution in [0.2, 0.25) is 0 Å². The lowest BCUT2D eigenvalue weighted by Gasteiger charge is -2.27. The third-order valence-corrected chi connectivity index (χ3v) is 4.56. The molecule has 0 bridgehead atoms. The second kappa shape index (κ2) is 6.53. The standard InChI is InChI=1S/C14H24N2S/c1-3-12(2)14-10-16(7-4-6-15-14)9-13-5-8-17-11-13/h5,8,11-12,14-15H,3-4,6-7,9-10H2,1-2H3. The Morgan fingerprint density at radius 3 is 3.18 bits per heavy atom. The van der Waals surface area contributed by atoms with E-state index in [0.29, 0.717) is 6.04 Å². The second-order valence-electron chi connectivity index (χ2n) is 5.17. The highest BCUT2D eigenvalue weighted by atomic mass is 32.1. The zero-order valence-electron chi connectivity index (χ0n) is 11.0. The Kier molecular flexibility index (Phi) is 5.01. The van der Waals surface area contributed by atoms with Crippen LogP contribution in [0.4, 0.5) is 0 Å². The molecule has 0 aliphatic carbocycles. The van der Waals surface area contributed by atoms with E-state index in [0.717, 1.165) is 12.5 Å². The van der Waals surface area contributed by atoms with Gasteiger partial charge in [-0.05, 0) is 47.8 Å². The van der Waals surface area contributed by atoms with Crippen molar-refractivity contribution in [2.45, 2.75) is 39.3 Å². The number of rotatable bonds is 4. The SMILES string of the molecule is CCC(C)C1CN(Cc2ccsc2)CCCN1. The molecule has 0 amide bonds. The maximum Gasteiger partial charge on any atom is 0.0242 e. The molecule has 0 aromatic carbocycles. The monoisotopic (exact) mass is 252 g/mol. The van der Waals surface area contributed by atoms with Crippen molar-refractivity contribution in [2.24, 2.45) is 5.92 Å². The van der Waals surface area contributed by atoms with E-state index in [1.807, 2.05) is 0 Å². The molecule has 2 heterocycles. The molecule has 1 aromatic rings. The Morgan fingerprint density at radius 2 is 2.47 bits per heavy atom. The van der Waals surface area contributed by atoms with Gasteiger partial charge in [0.05, 0.1) is 0 Å². The first-order valence-electron chi connectivity index (χ1n) is 6.76. The van der Waals surface area contributed by atoms with E-state index >= 15 is 0 Å². The molecular formula is C14H24N2S. The van der Waals surface area contributed by atoms with Crippen molar-refractivity contribution in [1.82, 2.24) is 10.2 Å². The zero-order valence-corrected chi connectivity index (χ0v) is 11.8. The highest BCUT2D eigenvalue weighted by Gasteiger charge is 2.21. The number of hydrogen-bond donors (Lipinski definition) is 1. The van der Waals surface area contributed by atoms with Gasteiger partial charge in [0.1, 0.15) is 0 Å². The number of thiophene rings is 1. The van der Waals surface area contributed by atoms with Crippen LogP contribution in [0.3, 0.4) is 0 Å². The van der Waals surface area contributed by atoms with Gasteiger partial charge in [0.25, 0.3) is 0 Å². The minimum atomic E-state index is 0.668. The van der Waals surface area contributed by atoms with Gasteiger partial charge in [-0.25, -0.2) is 0 Å². The summed E-state index contributed by atoms with van der Waals surface area (Å²) in [5.74, 6) is 0.776. The van der Waals surface area contributed by atoms with Crippen LogP contribution < -0.4 is 5.32 Å². The fourth-order valence-electron chi connectivity index (χ4n) is 2.47. The lowest BCUT2D eigenvalue weighted by molar-refractivity contribution is 0.231. The molecule has 0 radical (unpaired) electrons. The summed E-state index contributed by atoms with van der Waals surface area (Å²) in [6.45, 7) is 9.39. The minimum Gasteiger partial charge on any atom is -0.312 e. The molecule has 2 rings (SSSR count). The highest BCUT2D eigenvalue weighted by molar-refractivity contribution is 7.07. The highest BCUT2D eigenvalue weighted by Crippen LogP contribution is 2.15. The third-order valence-electron chi connectivity index (χ3n) is 3.83. The van der Waals surface area contributed by atoms with E-state index < -0.39 is 0 Å². The quantitative estimate of drug-likeness (QED) is 0.886. The third kappa shape index (κ3) is 3.80. The van der Waals surface area contributed by atoms with Crippen LogP contribution in [0.15, 0.2) is 16.8 Å². The summed E-state index contributed by atoms with van der Waals surface area (Å²) in [5.41, 5.74) is 1.47. The van der Waals surface area contributed by atoms with Gasteiger partial charge in [0, 0.05) is 19.1 Å². The molecule has 0 saturated carbocycles. The van der Waals surface area contributed by atoms with Crippen LogP contribution in [0.25, 0.3) is 0 Å². The van der Waals surface area contributed by atoms with E-state index in [-0.39, 0.29) is 0 Å². The van der Waals surface area contributed by atoms with Crippen LogP contribution in [0, 0.1) is 5.92 Å². The van der Waals surface area contributed by atoms with Gasteiger partial charge in [0.15, 0.2) is 0 Å². The Balaban J connectivity index is 1.92. The van der Waals surface area contributed by atoms with Crippen molar-refractivity contribution >= 4 is 11.3 Å². The van der Waals surface area contributed by atoms with Gasteiger partial charge < -0.3 is 5.32 Å². The largest absolute Gasteiger partial charge is 0.312 e. The topological polar surface area (TPSA) is 15.3 Å². The van der Waals surface area contributed by atoms with Crippen molar-refractivity contribution in [1.29, 1.82) is 0 Å². The minimum absolute atomic E-state index is 0.668. The van der Waals surface area contributed by atoms with E-state index in [1.54, 1.807) is 11.3 Å². The molecule has 1 N–H and O–H groups in total. The number of nitrogens with zero attached hydrogens (tertiary/aromatic N) is 1. The van der Waals surface area contributed by atoms with E-state index in [2.05, 4.69) is 40.9 Å². The second-order valence-corrected chi connectivity index (χ2v) is 5.95. The summed E-state index contributed by atoms with van der Waals surface area (Å²) in [6, 6.07) is 2.92. The molecule has 2 nitrogen and oxygen atoms in total. The van der Waals surface area contributed by atoms with Gasteiger partial charge >= 0.3 is 0 Å². The first-order valence-corrected chi connectivity index (χ1v) is 7.70. The molecule has 1 saturated heterocycles. The summed E-state index contributed by atoms with van der Waals surface area (Å²) in [5, 5.41) is 8.16. The first-order chi connectivity index (χ1) is 8.29. The zero-order chi connectivity index (χ0) is 12.1. The molecule has 1 aromatic heterocycles. The Bertz CT molecular complexity index is 310. The van der Waals surface area contributed by atoms with E-state index in [4.69, 9.17) is 0 Å². The molecule has 3 heteroatoms. The Hall–Kier alpha value is -0.380. The maximum atomic E-state index is 3.70. The van der Waals surface area contributed by atoms with Crippen molar-refractivity contribution in [2.75, 3.05) is 19.6 Å². The predicted molar refractivity (Wildman–Crippen MR) is 75.5 cm³/mol. The van der Waals surface area contributed by atoms with Gasteiger partial charge in [-0.3, -0.25) is 4.90 Å². The average Bonchev–Trinajstić information content (AvgIpc) is 2.73. The van der Waals surface area contributed by atoms with Crippen LogP contribution in [0.5, 0.6) is 0 Å². The maximum absolute atomic E-state index is 3.70. The lowest BCUT2D eigenvalue weighted by atomic mass is 9.99. The average molecular weight is 252 g/mol. The smallest absolute Gasteiger partial charge is 0.0242 e. The fourth-order valence-corrected chi connectivity index (χ4v) is 3.13. The molecule has 0 spiro atoms. The summed E-state index contributed by atoms with van der Waals surface area (Å²) in [6.07, 6.45) is 2.54. The van der Waals surface area contributed by atoms with Gasteiger partial charge in [-0.15, -0.1) is 0 Å². The van der Waals surface area contributed by atoms with Gasteiger partial charge in [-0.2, -0.15) is 11.3 Å². The molecule has 2 unspecified atom stereocenters. The fraction of sp³-hybridized carbons (Fsp3) is 0.714. The Labute approximate surface area is 109 Å². The molecule has 17 heavy (non-hydrogen) atoms. The van der Waals surface area contributed by atoms with Crippen LogP contribution in [-0.4, -0.2) is 30.6 Å². The molecule has 96 valence electrons. The summed E-state index contributed by atoms with van der Waals surface area (Å²) < 4.78 is 0. The molecule has 1 fully saturated rings. The molecule has 2 atom stereocenters. The first kappa shape index (κ1) is 13.1.